The molecule has 0 aliphatic heterocycles. The zero-order chi connectivity index (χ0) is 18.7. The number of rotatable bonds is 9. The number of nitrogens with zero attached hydrogens (tertiary/aromatic N) is 1. The molecule has 3 N–H and O–H groups in total. The van der Waals surface area contributed by atoms with Gasteiger partial charge in [-0.15, -0.1) is 0 Å². The summed E-state index contributed by atoms with van der Waals surface area (Å²) in [5.74, 6) is 0.829. The molecular weight excluding hydrogens is 340 g/mol. The Morgan fingerprint density at radius 3 is 2.64 bits per heavy atom. The molecule has 0 atom stereocenters. The molecule has 0 aliphatic carbocycles. The minimum atomic E-state index is -0.308. The predicted octanol–water partition coefficient (Wildman–Crippen LogP) is 1.54. The van der Waals surface area contributed by atoms with Crippen molar-refractivity contribution in [2.45, 2.75) is 19.8 Å². The molecule has 0 unspecified atom stereocenters. The van der Waals surface area contributed by atoms with Crippen LogP contribution >= 0.6 is 12.2 Å². The van der Waals surface area contributed by atoms with Crippen LogP contribution in [0.1, 0.15) is 30.1 Å². The van der Waals surface area contributed by atoms with E-state index >= 15 is 0 Å². The Morgan fingerprint density at radius 1 is 1.24 bits per heavy atom. The summed E-state index contributed by atoms with van der Waals surface area (Å²) in [5, 5.41) is 3.41. The van der Waals surface area contributed by atoms with Crippen LogP contribution in [-0.2, 0) is 0 Å². The summed E-state index contributed by atoms with van der Waals surface area (Å²) in [6, 6.07) is 5.04. The van der Waals surface area contributed by atoms with Crippen molar-refractivity contribution in [3.05, 3.63) is 23.8 Å². The molecule has 0 spiro atoms. The third-order valence-electron chi connectivity index (χ3n) is 3.24. The molecule has 0 fully saturated rings. The fourth-order valence-electron chi connectivity index (χ4n) is 1.97. The molecule has 0 aromatic heterocycles. The minimum Gasteiger partial charge on any atom is -0.493 e. The highest BCUT2D eigenvalue weighted by Crippen LogP contribution is 2.28. The van der Waals surface area contributed by atoms with Gasteiger partial charge in [0.05, 0.1) is 13.7 Å². The van der Waals surface area contributed by atoms with Crippen molar-refractivity contribution in [2.24, 2.45) is 0 Å². The lowest BCUT2D eigenvalue weighted by atomic mass is 10.2. The van der Waals surface area contributed by atoms with E-state index in [1.165, 1.54) is 0 Å². The van der Waals surface area contributed by atoms with Crippen molar-refractivity contribution in [1.29, 1.82) is 0 Å². The Morgan fingerprint density at radius 2 is 2.00 bits per heavy atom. The number of ether oxygens (including phenoxy) is 2. The van der Waals surface area contributed by atoms with E-state index in [-0.39, 0.29) is 5.91 Å². The maximum Gasteiger partial charge on any atom is 0.269 e. The Labute approximate surface area is 155 Å². The normalized spacial score (nSPS) is 10.3. The van der Waals surface area contributed by atoms with Crippen LogP contribution in [0.4, 0.5) is 0 Å². The molecule has 1 rings (SSSR count). The number of hydrazine groups is 1. The fourth-order valence-corrected chi connectivity index (χ4v) is 2.12. The molecule has 0 aliphatic rings. The van der Waals surface area contributed by atoms with Gasteiger partial charge in [-0.05, 0) is 63.9 Å². The highest BCUT2D eigenvalue weighted by atomic mass is 32.1. The smallest absolute Gasteiger partial charge is 0.269 e. The number of methoxy groups -OCH3 is 1. The van der Waals surface area contributed by atoms with Crippen LogP contribution in [0, 0.1) is 0 Å². The van der Waals surface area contributed by atoms with Crippen molar-refractivity contribution in [2.75, 3.05) is 40.9 Å². The SMILES string of the molecule is CCCOc1ccc(C(=O)NNC(=S)NCCCN(C)C)cc1OC. The van der Waals surface area contributed by atoms with Gasteiger partial charge in [-0.3, -0.25) is 15.6 Å². The number of hydrogen-bond acceptors (Lipinski definition) is 5. The first-order chi connectivity index (χ1) is 12.0. The van der Waals surface area contributed by atoms with Crippen LogP contribution in [-0.4, -0.2) is 56.8 Å². The van der Waals surface area contributed by atoms with Crippen molar-refractivity contribution in [3.63, 3.8) is 0 Å². The summed E-state index contributed by atoms with van der Waals surface area (Å²) in [4.78, 5) is 14.3. The first-order valence-electron chi connectivity index (χ1n) is 8.27. The van der Waals surface area contributed by atoms with E-state index in [0.717, 1.165) is 25.9 Å². The van der Waals surface area contributed by atoms with E-state index in [2.05, 4.69) is 21.1 Å². The first kappa shape index (κ1) is 21.0. The van der Waals surface area contributed by atoms with Crippen molar-refractivity contribution < 1.29 is 14.3 Å². The van der Waals surface area contributed by atoms with E-state index in [4.69, 9.17) is 21.7 Å². The van der Waals surface area contributed by atoms with E-state index < -0.39 is 0 Å². The molecule has 0 heterocycles. The lowest BCUT2D eigenvalue weighted by Gasteiger charge is -2.14. The molecule has 8 heteroatoms. The Bertz CT molecular complexity index is 567. The largest absolute Gasteiger partial charge is 0.493 e. The van der Waals surface area contributed by atoms with Crippen molar-refractivity contribution in [1.82, 2.24) is 21.1 Å². The summed E-state index contributed by atoms with van der Waals surface area (Å²) >= 11 is 5.12. The van der Waals surface area contributed by atoms with Crippen molar-refractivity contribution in [3.8, 4) is 11.5 Å². The molecular formula is C17H28N4O3S. The maximum absolute atomic E-state index is 12.2. The summed E-state index contributed by atoms with van der Waals surface area (Å²) in [6.07, 6.45) is 1.85. The zero-order valence-electron chi connectivity index (χ0n) is 15.3. The highest BCUT2D eigenvalue weighted by molar-refractivity contribution is 7.80. The van der Waals surface area contributed by atoms with Crippen LogP contribution in [0.15, 0.2) is 18.2 Å². The van der Waals surface area contributed by atoms with E-state index in [9.17, 15) is 4.79 Å². The van der Waals surface area contributed by atoms with Gasteiger partial charge in [0.1, 0.15) is 0 Å². The molecule has 7 nitrogen and oxygen atoms in total. The molecule has 1 aromatic carbocycles. The second kappa shape index (κ2) is 11.5. The zero-order valence-corrected chi connectivity index (χ0v) is 16.2. The monoisotopic (exact) mass is 368 g/mol. The van der Waals surface area contributed by atoms with Gasteiger partial charge >= 0.3 is 0 Å². The van der Waals surface area contributed by atoms with Crippen LogP contribution in [0.25, 0.3) is 0 Å². The topological polar surface area (TPSA) is 74.9 Å². The number of benzene rings is 1. The number of carbonyl (C=O) groups is 1. The fraction of sp³-hybridized carbons (Fsp3) is 0.529. The summed E-state index contributed by atoms with van der Waals surface area (Å²) in [7, 11) is 5.58. The van der Waals surface area contributed by atoms with Gasteiger partial charge < -0.3 is 19.7 Å². The van der Waals surface area contributed by atoms with Crippen molar-refractivity contribution >= 4 is 23.2 Å². The lowest BCUT2D eigenvalue weighted by Crippen LogP contribution is -2.47. The molecule has 0 saturated carbocycles. The lowest BCUT2D eigenvalue weighted by molar-refractivity contribution is 0.0943. The Balaban J connectivity index is 2.47. The second-order valence-electron chi connectivity index (χ2n) is 5.71. The predicted molar refractivity (Wildman–Crippen MR) is 103 cm³/mol. The van der Waals surface area contributed by atoms with Crippen LogP contribution in [0.3, 0.4) is 0 Å². The van der Waals surface area contributed by atoms with Gasteiger partial charge in [-0.2, -0.15) is 0 Å². The Hall–Kier alpha value is -2.06. The number of hydrogen-bond donors (Lipinski definition) is 3. The van der Waals surface area contributed by atoms with Gasteiger partial charge in [0.25, 0.3) is 5.91 Å². The molecule has 25 heavy (non-hydrogen) atoms. The van der Waals surface area contributed by atoms with Gasteiger partial charge in [-0.25, -0.2) is 0 Å². The van der Waals surface area contributed by atoms with Gasteiger partial charge in [0.15, 0.2) is 16.6 Å². The molecule has 1 aromatic rings. The summed E-state index contributed by atoms with van der Waals surface area (Å²) in [6.45, 7) is 4.32. The Kier molecular flexibility index (Phi) is 9.64. The van der Waals surface area contributed by atoms with Crippen LogP contribution in [0.2, 0.25) is 0 Å². The highest BCUT2D eigenvalue weighted by Gasteiger charge is 2.11. The molecule has 0 radical (unpaired) electrons. The standard InChI is InChI=1S/C17H28N4O3S/c1-5-11-24-14-8-7-13(12-15(14)23-4)16(22)19-20-17(25)18-9-6-10-21(2)3/h7-8,12H,5-6,9-11H2,1-4H3,(H,19,22)(H2,18,20,25). The summed E-state index contributed by atoms with van der Waals surface area (Å²) in [5.41, 5.74) is 5.70. The van der Waals surface area contributed by atoms with Gasteiger partial charge in [0.2, 0.25) is 0 Å². The molecule has 0 bridgehead atoms. The average Bonchev–Trinajstić information content (AvgIpc) is 2.61. The third kappa shape index (κ3) is 8.04. The molecule has 0 saturated heterocycles. The first-order valence-corrected chi connectivity index (χ1v) is 8.68. The summed E-state index contributed by atoms with van der Waals surface area (Å²) < 4.78 is 10.9. The van der Waals surface area contributed by atoms with E-state index in [1.807, 2.05) is 21.0 Å². The minimum absolute atomic E-state index is 0.308. The van der Waals surface area contributed by atoms with Crippen LogP contribution in [0.5, 0.6) is 11.5 Å². The van der Waals surface area contributed by atoms with Crippen LogP contribution < -0.4 is 25.6 Å². The number of thiocarbonyl (C=S) groups is 1. The number of amides is 1. The second-order valence-corrected chi connectivity index (χ2v) is 6.11. The van der Waals surface area contributed by atoms with Gasteiger partial charge in [0, 0.05) is 12.1 Å². The van der Waals surface area contributed by atoms with E-state index in [0.29, 0.717) is 28.8 Å². The molecule has 140 valence electrons. The molecule has 1 amide bonds. The van der Waals surface area contributed by atoms with E-state index in [1.54, 1.807) is 25.3 Å². The third-order valence-corrected chi connectivity index (χ3v) is 3.49. The maximum atomic E-state index is 12.2. The quantitative estimate of drug-likeness (QED) is 0.347. The number of nitrogens with one attached hydrogen (secondary N) is 3. The average molecular weight is 369 g/mol. The number of carbonyl (C=O) groups excluding carboxylic acids is 1. The van der Waals surface area contributed by atoms with Gasteiger partial charge in [-0.1, -0.05) is 6.92 Å².